The third-order valence-corrected chi connectivity index (χ3v) is 5.46. The average Bonchev–Trinajstić information content (AvgIpc) is 3.41. The molecule has 1 N–H and O–H groups in total. The molecule has 8 nitrogen and oxygen atoms in total. The number of amides is 2. The van der Waals surface area contributed by atoms with Gasteiger partial charge in [-0.15, -0.1) is 0 Å². The Morgan fingerprint density at radius 2 is 1.70 bits per heavy atom. The summed E-state index contributed by atoms with van der Waals surface area (Å²) in [7, 11) is 0. The van der Waals surface area contributed by atoms with Gasteiger partial charge in [0.2, 0.25) is 0 Å². The van der Waals surface area contributed by atoms with E-state index in [0.717, 1.165) is 24.2 Å². The van der Waals surface area contributed by atoms with Gasteiger partial charge in [0.15, 0.2) is 0 Å². The molecule has 0 spiro atoms. The number of hydrogen-bond donors (Lipinski definition) is 1. The van der Waals surface area contributed by atoms with Gasteiger partial charge in [-0.1, -0.05) is 36.4 Å². The number of hydrazone groups is 1. The normalized spacial score (nSPS) is 20.4. The van der Waals surface area contributed by atoms with E-state index in [4.69, 9.17) is 14.6 Å². The van der Waals surface area contributed by atoms with Gasteiger partial charge in [-0.05, 0) is 57.9 Å². The molecule has 2 aliphatic heterocycles. The van der Waals surface area contributed by atoms with Gasteiger partial charge in [-0.2, -0.15) is 5.10 Å². The molecule has 1 unspecified atom stereocenters. The van der Waals surface area contributed by atoms with Gasteiger partial charge in [0.05, 0.1) is 17.4 Å². The van der Waals surface area contributed by atoms with Crippen molar-refractivity contribution in [2.24, 2.45) is 5.10 Å². The molecule has 2 heterocycles. The molecule has 0 saturated carbocycles. The van der Waals surface area contributed by atoms with Crippen molar-refractivity contribution < 1.29 is 19.1 Å². The Morgan fingerprint density at radius 1 is 1.03 bits per heavy atom. The second kappa shape index (κ2) is 9.52. The fraction of sp³-hybridized carbons (Fsp3) is 0.400. The Hall–Kier alpha value is -3.55. The molecule has 2 amide bonds. The second-order valence-electron chi connectivity index (χ2n) is 9.17. The zero-order valence-electron chi connectivity index (χ0n) is 19.2. The summed E-state index contributed by atoms with van der Waals surface area (Å²) in [6.07, 6.45) is 0.838. The molecule has 0 bridgehead atoms. The van der Waals surface area contributed by atoms with E-state index in [2.05, 4.69) is 5.32 Å². The summed E-state index contributed by atoms with van der Waals surface area (Å²) >= 11 is 0. The van der Waals surface area contributed by atoms with Crippen LogP contribution in [0.5, 0.6) is 5.75 Å². The smallest absolute Gasteiger partial charge is 0.414 e. The van der Waals surface area contributed by atoms with E-state index < -0.39 is 17.9 Å². The van der Waals surface area contributed by atoms with Crippen molar-refractivity contribution in [2.75, 3.05) is 11.6 Å². The van der Waals surface area contributed by atoms with Crippen LogP contribution in [0.1, 0.15) is 40.0 Å². The number of nitrogens with one attached hydrogen (secondary N) is 1. The number of likely N-dealkylation sites (tertiary alicyclic amines) is 1. The molecule has 174 valence electrons. The van der Waals surface area contributed by atoms with E-state index in [9.17, 15) is 9.59 Å². The lowest BCUT2D eigenvalue weighted by Gasteiger charge is -2.28. The van der Waals surface area contributed by atoms with Gasteiger partial charge < -0.3 is 9.47 Å². The number of carbonyl (C=O) groups excluding carboxylic acids is 2. The van der Waals surface area contributed by atoms with Crippen LogP contribution in [-0.2, 0) is 4.74 Å². The highest BCUT2D eigenvalue weighted by Crippen LogP contribution is 2.30. The molecule has 33 heavy (non-hydrogen) atoms. The number of hydrogen-bond acceptors (Lipinski definition) is 6. The SMILES string of the molecule is CC(C)(C)OC(=O)N1CCC[C@H]1C1=NN(c2ccccc2)C(NC(=O)Oc2ccccc2)C1. The Kier molecular flexibility index (Phi) is 6.53. The molecule has 2 aromatic rings. The number of benzene rings is 2. The minimum Gasteiger partial charge on any atom is -0.444 e. The van der Waals surface area contributed by atoms with E-state index >= 15 is 0 Å². The number of anilines is 1. The molecule has 0 aromatic heterocycles. The molecule has 2 atom stereocenters. The molecule has 1 fully saturated rings. The fourth-order valence-electron chi connectivity index (χ4n) is 4.08. The van der Waals surface area contributed by atoms with Crippen molar-refractivity contribution >= 4 is 23.6 Å². The van der Waals surface area contributed by atoms with E-state index in [-0.39, 0.29) is 12.1 Å². The minimum absolute atomic E-state index is 0.164. The highest BCUT2D eigenvalue weighted by molar-refractivity contribution is 5.96. The minimum atomic E-state index is -0.566. The molecule has 2 aliphatic rings. The third kappa shape index (κ3) is 5.63. The second-order valence-corrected chi connectivity index (χ2v) is 9.17. The summed E-state index contributed by atoms with van der Waals surface area (Å²) in [5.74, 6) is 0.465. The first kappa shape index (κ1) is 22.6. The highest BCUT2D eigenvalue weighted by atomic mass is 16.6. The maximum absolute atomic E-state index is 12.8. The van der Waals surface area contributed by atoms with Crippen molar-refractivity contribution in [2.45, 2.75) is 57.8 Å². The van der Waals surface area contributed by atoms with Gasteiger partial charge in [-0.3, -0.25) is 10.2 Å². The summed E-state index contributed by atoms with van der Waals surface area (Å²) in [5, 5.41) is 9.55. The molecule has 0 radical (unpaired) electrons. The monoisotopic (exact) mass is 450 g/mol. The van der Waals surface area contributed by atoms with E-state index in [1.54, 1.807) is 34.2 Å². The number of nitrogens with zero attached hydrogens (tertiary/aromatic N) is 3. The van der Waals surface area contributed by atoms with Gasteiger partial charge in [0.1, 0.15) is 17.5 Å². The largest absolute Gasteiger partial charge is 0.444 e. The highest BCUT2D eigenvalue weighted by Gasteiger charge is 2.40. The predicted octanol–water partition coefficient (Wildman–Crippen LogP) is 4.77. The predicted molar refractivity (Wildman–Crippen MR) is 126 cm³/mol. The lowest BCUT2D eigenvalue weighted by molar-refractivity contribution is 0.0265. The Labute approximate surface area is 194 Å². The van der Waals surface area contributed by atoms with E-state index in [0.29, 0.717) is 18.7 Å². The lowest BCUT2D eigenvalue weighted by atomic mass is 10.1. The average molecular weight is 451 g/mol. The molecule has 1 saturated heterocycles. The van der Waals surface area contributed by atoms with Crippen LogP contribution < -0.4 is 15.1 Å². The van der Waals surface area contributed by atoms with Gasteiger partial charge in [0.25, 0.3) is 0 Å². The van der Waals surface area contributed by atoms with Crippen LogP contribution in [0, 0.1) is 0 Å². The van der Waals surface area contributed by atoms with Crippen molar-refractivity contribution in [1.29, 1.82) is 0 Å². The van der Waals surface area contributed by atoms with Gasteiger partial charge in [0, 0.05) is 13.0 Å². The topological polar surface area (TPSA) is 83.5 Å². The van der Waals surface area contributed by atoms with Gasteiger partial charge in [-0.25, -0.2) is 14.6 Å². The van der Waals surface area contributed by atoms with Crippen LogP contribution in [0.4, 0.5) is 15.3 Å². The lowest BCUT2D eigenvalue weighted by Crippen LogP contribution is -2.46. The summed E-state index contributed by atoms with van der Waals surface area (Å²) < 4.78 is 11.0. The molecule has 8 heteroatoms. The Bertz CT molecular complexity index is 1000. The number of ether oxygens (including phenoxy) is 2. The maximum atomic E-state index is 12.8. The molecular weight excluding hydrogens is 420 g/mol. The van der Waals surface area contributed by atoms with Crippen LogP contribution in [0.15, 0.2) is 65.8 Å². The first-order valence-corrected chi connectivity index (χ1v) is 11.2. The van der Waals surface area contributed by atoms with E-state index in [1.165, 1.54) is 0 Å². The van der Waals surface area contributed by atoms with Crippen LogP contribution in [0.3, 0.4) is 0 Å². The summed E-state index contributed by atoms with van der Waals surface area (Å²) in [6, 6.07) is 18.4. The zero-order valence-corrected chi connectivity index (χ0v) is 19.2. The van der Waals surface area contributed by atoms with Crippen LogP contribution in [0.25, 0.3) is 0 Å². The summed E-state index contributed by atoms with van der Waals surface area (Å²) in [4.78, 5) is 27.1. The maximum Gasteiger partial charge on any atom is 0.414 e. The standard InChI is InChI=1S/C25H30N4O4/c1-25(2,3)33-24(31)28-16-10-15-21(28)20-17-22(29(27-20)18-11-6-4-7-12-18)26-23(30)32-19-13-8-5-9-14-19/h4-9,11-14,21-22H,10,15-17H2,1-3H3,(H,26,30)/t21-,22?/m0/s1. The van der Waals surface area contributed by atoms with Crippen LogP contribution in [0.2, 0.25) is 0 Å². The fourth-order valence-corrected chi connectivity index (χ4v) is 4.08. The first-order chi connectivity index (χ1) is 15.8. The number of carbonyl (C=O) groups is 2. The molecule has 2 aromatic carbocycles. The van der Waals surface area contributed by atoms with Crippen molar-refractivity contribution in [1.82, 2.24) is 10.2 Å². The summed E-state index contributed by atoms with van der Waals surface area (Å²) in [5.41, 5.74) is 1.12. The third-order valence-electron chi connectivity index (χ3n) is 5.46. The first-order valence-electron chi connectivity index (χ1n) is 11.2. The van der Waals surface area contributed by atoms with Crippen molar-refractivity contribution in [3.8, 4) is 5.75 Å². The quantitative estimate of drug-likeness (QED) is 0.726. The zero-order chi connectivity index (χ0) is 23.4. The van der Waals surface area contributed by atoms with E-state index in [1.807, 2.05) is 57.2 Å². The molecular formula is C25H30N4O4. The summed E-state index contributed by atoms with van der Waals surface area (Å²) in [6.45, 7) is 6.20. The molecule has 4 rings (SSSR count). The number of rotatable bonds is 4. The van der Waals surface area contributed by atoms with Crippen LogP contribution in [-0.4, -0.2) is 47.2 Å². The van der Waals surface area contributed by atoms with Crippen LogP contribution >= 0.6 is 0 Å². The van der Waals surface area contributed by atoms with Gasteiger partial charge >= 0.3 is 12.2 Å². The Balaban J connectivity index is 1.52. The number of para-hydroxylation sites is 2. The molecule has 0 aliphatic carbocycles. The Morgan fingerprint density at radius 3 is 2.36 bits per heavy atom. The van der Waals surface area contributed by atoms with Crippen molar-refractivity contribution in [3.05, 3.63) is 60.7 Å². The van der Waals surface area contributed by atoms with Crippen molar-refractivity contribution in [3.63, 3.8) is 0 Å².